The molecule has 4 heteroatoms. The zero-order valence-electron chi connectivity index (χ0n) is 11.4. The molecule has 0 saturated carbocycles. The van der Waals surface area contributed by atoms with Gasteiger partial charge in [0.25, 0.3) is 0 Å². The van der Waals surface area contributed by atoms with Gasteiger partial charge in [0.15, 0.2) is 0 Å². The molecule has 2 N–H and O–H groups in total. The van der Waals surface area contributed by atoms with Crippen molar-refractivity contribution in [2.45, 2.75) is 19.9 Å². The quantitative estimate of drug-likeness (QED) is 0.919. The SMILES string of the molecule is Cc1nc(N(C)C(C)c2ccccc2F)ccc1N. The Labute approximate surface area is 112 Å². The molecule has 0 aliphatic rings. The van der Waals surface area contributed by atoms with Crippen molar-refractivity contribution in [1.82, 2.24) is 4.98 Å². The molecule has 100 valence electrons. The molecule has 0 fully saturated rings. The van der Waals surface area contributed by atoms with Gasteiger partial charge < -0.3 is 10.6 Å². The minimum absolute atomic E-state index is 0.100. The number of rotatable bonds is 3. The zero-order chi connectivity index (χ0) is 14.0. The lowest BCUT2D eigenvalue weighted by Gasteiger charge is -2.27. The van der Waals surface area contributed by atoms with Crippen molar-refractivity contribution >= 4 is 11.5 Å². The summed E-state index contributed by atoms with van der Waals surface area (Å²) in [5.74, 6) is 0.580. The molecule has 1 aromatic heterocycles. The Kier molecular flexibility index (Phi) is 3.69. The Bertz CT molecular complexity index is 583. The van der Waals surface area contributed by atoms with Crippen LogP contribution in [0.3, 0.4) is 0 Å². The van der Waals surface area contributed by atoms with Crippen LogP contribution in [-0.4, -0.2) is 12.0 Å². The number of benzene rings is 1. The first-order valence-electron chi connectivity index (χ1n) is 6.21. The molecule has 19 heavy (non-hydrogen) atoms. The van der Waals surface area contributed by atoms with Crippen molar-refractivity contribution in [2.75, 3.05) is 17.7 Å². The summed E-state index contributed by atoms with van der Waals surface area (Å²) in [7, 11) is 1.90. The van der Waals surface area contributed by atoms with E-state index in [1.165, 1.54) is 6.07 Å². The van der Waals surface area contributed by atoms with Crippen LogP contribution in [0.15, 0.2) is 36.4 Å². The first-order chi connectivity index (χ1) is 9.00. The molecular formula is C15H18FN3. The van der Waals surface area contributed by atoms with Crippen LogP contribution in [0, 0.1) is 12.7 Å². The second-order valence-electron chi connectivity index (χ2n) is 4.65. The zero-order valence-corrected chi connectivity index (χ0v) is 11.4. The van der Waals surface area contributed by atoms with Gasteiger partial charge in [0.2, 0.25) is 0 Å². The predicted octanol–water partition coefficient (Wildman–Crippen LogP) is 3.31. The van der Waals surface area contributed by atoms with E-state index in [1.807, 2.05) is 44.0 Å². The average Bonchev–Trinajstić information content (AvgIpc) is 2.41. The molecule has 1 unspecified atom stereocenters. The van der Waals surface area contributed by atoms with Gasteiger partial charge in [-0.05, 0) is 32.0 Å². The first-order valence-corrected chi connectivity index (χ1v) is 6.21. The van der Waals surface area contributed by atoms with E-state index in [9.17, 15) is 4.39 Å². The number of hydrogen-bond acceptors (Lipinski definition) is 3. The summed E-state index contributed by atoms with van der Waals surface area (Å²) in [5, 5.41) is 0. The third-order valence-electron chi connectivity index (χ3n) is 3.41. The highest BCUT2D eigenvalue weighted by Crippen LogP contribution is 2.26. The Balaban J connectivity index is 2.31. The molecular weight excluding hydrogens is 241 g/mol. The maximum atomic E-state index is 13.8. The van der Waals surface area contributed by atoms with Crippen molar-refractivity contribution in [1.29, 1.82) is 0 Å². The van der Waals surface area contributed by atoms with Gasteiger partial charge in [-0.15, -0.1) is 0 Å². The second-order valence-corrected chi connectivity index (χ2v) is 4.65. The third-order valence-corrected chi connectivity index (χ3v) is 3.41. The van der Waals surface area contributed by atoms with Gasteiger partial charge in [-0.25, -0.2) is 9.37 Å². The number of halogens is 1. The Morgan fingerprint density at radius 3 is 2.53 bits per heavy atom. The fraction of sp³-hybridized carbons (Fsp3) is 0.267. The van der Waals surface area contributed by atoms with Crippen LogP contribution >= 0.6 is 0 Å². The number of pyridine rings is 1. The lowest BCUT2D eigenvalue weighted by molar-refractivity contribution is 0.584. The van der Waals surface area contributed by atoms with Gasteiger partial charge in [0.05, 0.1) is 17.4 Å². The van der Waals surface area contributed by atoms with Crippen LogP contribution in [0.4, 0.5) is 15.9 Å². The maximum Gasteiger partial charge on any atom is 0.129 e. The van der Waals surface area contributed by atoms with E-state index in [4.69, 9.17) is 5.73 Å². The highest BCUT2D eigenvalue weighted by molar-refractivity contribution is 5.51. The smallest absolute Gasteiger partial charge is 0.129 e. The van der Waals surface area contributed by atoms with E-state index in [1.54, 1.807) is 12.1 Å². The normalized spacial score (nSPS) is 12.2. The molecule has 0 saturated heterocycles. The number of nitrogens with zero attached hydrogens (tertiary/aromatic N) is 2. The molecule has 0 aliphatic carbocycles. The summed E-state index contributed by atoms with van der Waals surface area (Å²) in [6, 6.07) is 10.4. The summed E-state index contributed by atoms with van der Waals surface area (Å²) in [6.07, 6.45) is 0. The van der Waals surface area contributed by atoms with E-state index < -0.39 is 0 Å². The van der Waals surface area contributed by atoms with Crippen LogP contribution in [0.1, 0.15) is 24.2 Å². The number of aryl methyl sites for hydroxylation is 1. The highest BCUT2D eigenvalue weighted by Gasteiger charge is 2.16. The van der Waals surface area contributed by atoms with Gasteiger partial charge >= 0.3 is 0 Å². The number of hydrogen-bond donors (Lipinski definition) is 1. The molecule has 0 radical (unpaired) electrons. The van der Waals surface area contributed by atoms with Crippen molar-refractivity contribution < 1.29 is 4.39 Å². The molecule has 3 nitrogen and oxygen atoms in total. The molecule has 2 rings (SSSR count). The molecule has 0 bridgehead atoms. The number of anilines is 2. The van der Waals surface area contributed by atoms with Crippen LogP contribution in [-0.2, 0) is 0 Å². The molecule has 2 aromatic rings. The number of nitrogen functional groups attached to an aromatic ring is 1. The third kappa shape index (κ3) is 2.67. The molecule has 1 heterocycles. The largest absolute Gasteiger partial charge is 0.397 e. The monoisotopic (exact) mass is 259 g/mol. The molecule has 1 atom stereocenters. The fourth-order valence-electron chi connectivity index (χ4n) is 1.98. The topological polar surface area (TPSA) is 42.2 Å². The molecule has 0 amide bonds. The Morgan fingerprint density at radius 1 is 1.21 bits per heavy atom. The van der Waals surface area contributed by atoms with Gasteiger partial charge in [0, 0.05) is 12.6 Å². The summed E-state index contributed by atoms with van der Waals surface area (Å²) in [5.41, 5.74) is 7.86. The van der Waals surface area contributed by atoms with E-state index >= 15 is 0 Å². The maximum absolute atomic E-state index is 13.8. The average molecular weight is 259 g/mol. The minimum atomic E-state index is -0.200. The Hall–Kier alpha value is -2.10. The first kappa shape index (κ1) is 13.3. The van der Waals surface area contributed by atoms with Crippen LogP contribution in [0.2, 0.25) is 0 Å². The van der Waals surface area contributed by atoms with Gasteiger partial charge in [0.1, 0.15) is 11.6 Å². The predicted molar refractivity (Wildman–Crippen MR) is 76.6 cm³/mol. The molecule has 0 spiro atoms. The van der Waals surface area contributed by atoms with E-state index in [0.717, 1.165) is 11.5 Å². The summed E-state index contributed by atoms with van der Waals surface area (Å²) >= 11 is 0. The van der Waals surface area contributed by atoms with Crippen LogP contribution < -0.4 is 10.6 Å². The van der Waals surface area contributed by atoms with Gasteiger partial charge in [-0.2, -0.15) is 0 Å². The van der Waals surface area contributed by atoms with Crippen molar-refractivity contribution in [3.63, 3.8) is 0 Å². The Morgan fingerprint density at radius 2 is 1.89 bits per heavy atom. The highest BCUT2D eigenvalue weighted by atomic mass is 19.1. The van der Waals surface area contributed by atoms with E-state index in [-0.39, 0.29) is 11.9 Å². The standard InChI is InChI=1S/C15H18FN3/c1-10-14(17)8-9-15(18-10)19(3)11(2)12-6-4-5-7-13(12)16/h4-9,11H,17H2,1-3H3. The number of nitrogens with two attached hydrogens (primary N) is 1. The summed E-state index contributed by atoms with van der Waals surface area (Å²) in [6.45, 7) is 3.81. The van der Waals surface area contributed by atoms with E-state index in [0.29, 0.717) is 11.3 Å². The lowest BCUT2D eigenvalue weighted by Crippen LogP contribution is -2.23. The lowest BCUT2D eigenvalue weighted by atomic mass is 10.1. The number of aromatic nitrogens is 1. The minimum Gasteiger partial charge on any atom is -0.397 e. The van der Waals surface area contributed by atoms with Gasteiger partial charge in [-0.1, -0.05) is 18.2 Å². The molecule has 1 aromatic carbocycles. The van der Waals surface area contributed by atoms with Gasteiger partial charge in [-0.3, -0.25) is 0 Å². The fourth-order valence-corrected chi connectivity index (χ4v) is 1.98. The van der Waals surface area contributed by atoms with Crippen molar-refractivity contribution in [3.8, 4) is 0 Å². The molecule has 0 aliphatic heterocycles. The second kappa shape index (κ2) is 5.26. The summed E-state index contributed by atoms with van der Waals surface area (Å²) in [4.78, 5) is 6.36. The van der Waals surface area contributed by atoms with Crippen molar-refractivity contribution in [3.05, 3.63) is 53.5 Å². The van der Waals surface area contributed by atoms with E-state index in [2.05, 4.69) is 4.98 Å². The summed E-state index contributed by atoms with van der Waals surface area (Å²) < 4.78 is 13.8. The van der Waals surface area contributed by atoms with Crippen molar-refractivity contribution in [2.24, 2.45) is 0 Å². The van der Waals surface area contributed by atoms with Crippen LogP contribution in [0.25, 0.3) is 0 Å². The van der Waals surface area contributed by atoms with Crippen LogP contribution in [0.5, 0.6) is 0 Å².